The molecule has 0 saturated heterocycles. The maximum Gasteiger partial charge on any atom is 0.322 e. The number of thiophene rings is 1. The number of carboxylic acid groups (broad SMARTS) is 1. The zero-order valence-electron chi connectivity index (χ0n) is 12.9. The highest BCUT2D eigenvalue weighted by molar-refractivity contribution is 7.10. The quantitative estimate of drug-likeness (QED) is 0.765. The number of hydrogen-bond donors (Lipinski definition) is 2. The van der Waals surface area contributed by atoms with Crippen molar-refractivity contribution in [2.24, 2.45) is 0 Å². The van der Waals surface area contributed by atoms with Crippen molar-refractivity contribution in [1.82, 2.24) is 5.32 Å². The molecule has 0 fully saturated rings. The average Bonchev–Trinajstić information content (AvgIpc) is 3.20. The van der Waals surface area contributed by atoms with Crippen LogP contribution in [0.5, 0.6) is 11.5 Å². The second kappa shape index (κ2) is 7.18. The summed E-state index contributed by atoms with van der Waals surface area (Å²) in [5.41, 5.74) is 0.422. The fourth-order valence-electron chi connectivity index (χ4n) is 2.13. The fraction of sp³-hybridized carbons (Fsp3) is 0.118. The number of carbonyl (C=O) groups is 3. The Kier molecular flexibility index (Phi) is 4.80. The second-order valence-corrected chi connectivity index (χ2v) is 6.05. The fourth-order valence-corrected chi connectivity index (χ4v) is 2.78. The predicted octanol–water partition coefficient (Wildman–Crippen LogP) is 1.94. The number of ketones is 1. The van der Waals surface area contributed by atoms with Crippen LogP contribution in [0.1, 0.15) is 15.2 Å². The lowest BCUT2D eigenvalue weighted by Gasteiger charge is -2.07. The van der Waals surface area contributed by atoms with Crippen molar-refractivity contribution in [3.8, 4) is 11.5 Å². The number of Topliss-reactive ketones (excluding diaryl/α,β-unsaturated/α-hetero) is 1. The number of fused-ring (bicyclic) bond motifs is 1. The van der Waals surface area contributed by atoms with Crippen molar-refractivity contribution >= 4 is 35.1 Å². The number of allylic oxidation sites excluding steroid dienone is 1. The maximum absolute atomic E-state index is 12.3. The van der Waals surface area contributed by atoms with Crippen LogP contribution >= 0.6 is 11.3 Å². The summed E-state index contributed by atoms with van der Waals surface area (Å²) >= 11 is 1.49. The van der Waals surface area contributed by atoms with Gasteiger partial charge in [-0.05, 0) is 23.6 Å². The van der Waals surface area contributed by atoms with E-state index in [1.807, 2.05) is 17.5 Å². The Bertz CT molecular complexity index is 856. The third-order valence-corrected chi connectivity index (χ3v) is 4.08. The minimum atomic E-state index is -1.14. The largest absolute Gasteiger partial charge is 0.484 e. The average molecular weight is 359 g/mol. The van der Waals surface area contributed by atoms with Crippen LogP contribution < -0.4 is 14.8 Å². The summed E-state index contributed by atoms with van der Waals surface area (Å²) in [4.78, 5) is 35.0. The number of hydrogen-bond acceptors (Lipinski definition) is 6. The van der Waals surface area contributed by atoms with Crippen molar-refractivity contribution in [1.29, 1.82) is 0 Å². The van der Waals surface area contributed by atoms with Crippen molar-refractivity contribution in [3.63, 3.8) is 0 Å². The van der Waals surface area contributed by atoms with E-state index in [0.29, 0.717) is 17.1 Å². The van der Waals surface area contributed by atoms with Gasteiger partial charge < -0.3 is 19.9 Å². The first-order valence-electron chi connectivity index (χ1n) is 7.26. The third kappa shape index (κ3) is 4.04. The third-order valence-electron chi connectivity index (χ3n) is 3.26. The van der Waals surface area contributed by atoms with Crippen LogP contribution in [-0.2, 0) is 9.59 Å². The van der Waals surface area contributed by atoms with E-state index in [9.17, 15) is 14.4 Å². The van der Waals surface area contributed by atoms with Gasteiger partial charge in [-0.25, -0.2) is 0 Å². The van der Waals surface area contributed by atoms with E-state index in [-0.39, 0.29) is 18.1 Å². The zero-order chi connectivity index (χ0) is 17.8. The first kappa shape index (κ1) is 16.7. The van der Waals surface area contributed by atoms with Crippen LogP contribution in [0, 0.1) is 0 Å². The molecule has 1 aromatic carbocycles. The lowest BCUT2D eigenvalue weighted by molar-refractivity contribution is -0.138. The number of nitrogens with one attached hydrogen (secondary N) is 1. The van der Waals surface area contributed by atoms with Crippen LogP contribution in [0.2, 0.25) is 0 Å². The van der Waals surface area contributed by atoms with E-state index in [1.54, 1.807) is 18.2 Å². The molecule has 0 atom stereocenters. The van der Waals surface area contributed by atoms with Crippen LogP contribution in [0.3, 0.4) is 0 Å². The lowest BCUT2D eigenvalue weighted by atomic mass is 10.1. The summed E-state index contributed by atoms with van der Waals surface area (Å²) in [5.74, 6) is -0.977. The van der Waals surface area contributed by atoms with Gasteiger partial charge in [0, 0.05) is 17.0 Å². The molecule has 2 aromatic rings. The molecule has 0 aliphatic carbocycles. The van der Waals surface area contributed by atoms with Gasteiger partial charge in [0.2, 0.25) is 5.78 Å². The normalized spacial score (nSPS) is 14.1. The SMILES string of the molecule is O=C(O)CNC(=O)COc1ccc2c(c1)O/C(=C\c1cccs1)C2=O. The highest BCUT2D eigenvalue weighted by atomic mass is 32.1. The summed E-state index contributed by atoms with van der Waals surface area (Å²) in [6.07, 6.45) is 1.67. The minimum Gasteiger partial charge on any atom is -0.484 e. The Morgan fingerprint density at radius 1 is 1.32 bits per heavy atom. The molecule has 1 aliphatic rings. The van der Waals surface area contributed by atoms with Crippen molar-refractivity contribution < 1.29 is 29.0 Å². The van der Waals surface area contributed by atoms with Gasteiger partial charge in [-0.15, -0.1) is 11.3 Å². The molecule has 0 unspecified atom stereocenters. The van der Waals surface area contributed by atoms with Gasteiger partial charge in [-0.2, -0.15) is 0 Å². The minimum absolute atomic E-state index is 0.214. The summed E-state index contributed by atoms with van der Waals surface area (Å²) in [6.45, 7) is -0.807. The van der Waals surface area contributed by atoms with Gasteiger partial charge in [0.25, 0.3) is 5.91 Å². The van der Waals surface area contributed by atoms with Gasteiger partial charge in [0.1, 0.15) is 18.0 Å². The van der Waals surface area contributed by atoms with E-state index in [1.165, 1.54) is 17.4 Å². The van der Waals surface area contributed by atoms with Gasteiger partial charge >= 0.3 is 5.97 Å². The van der Waals surface area contributed by atoms with Gasteiger partial charge in [0.15, 0.2) is 12.4 Å². The Morgan fingerprint density at radius 2 is 2.16 bits per heavy atom. The number of ether oxygens (including phenoxy) is 2. The molecule has 3 rings (SSSR count). The van der Waals surface area contributed by atoms with E-state index < -0.39 is 18.4 Å². The number of amides is 1. The molecule has 0 spiro atoms. The molecular weight excluding hydrogens is 346 g/mol. The molecule has 2 N–H and O–H groups in total. The van der Waals surface area contributed by atoms with Crippen LogP contribution in [-0.4, -0.2) is 35.9 Å². The number of benzene rings is 1. The molecule has 1 amide bonds. The Hall–Kier alpha value is -3.13. The number of aliphatic carboxylic acids is 1. The summed E-state index contributed by atoms with van der Waals surface area (Å²) < 4.78 is 10.9. The zero-order valence-corrected chi connectivity index (χ0v) is 13.7. The van der Waals surface area contributed by atoms with Crippen LogP contribution in [0.15, 0.2) is 41.5 Å². The standard InChI is InChI=1S/C17H13NO6S/c19-15(18-8-16(20)21)9-23-10-3-4-12-13(6-10)24-14(17(12)22)7-11-2-1-5-25-11/h1-7H,8-9H2,(H,18,19)(H,20,21)/b14-7-. The molecular formula is C17H13NO6S. The molecule has 128 valence electrons. The van der Waals surface area contributed by atoms with Gasteiger partial charge in [-0.3, -0.25) is 14.4 Å². The van der Waals surface area contributed by atoms with E-state index in [4.69, 9.17) is 14.6 Å². The molecule has 2 heterocycles. The molecule has 0 bridgehead atoms. The summed E-state index contributed by atoms with van der Waals surface area (Å²) in [6, 6.07) is 8.40. The Balaban J connectivity index is 1.65. The maximum atomic E-state index is 12.3. The molecule has 0 radical (unpaired) electrons. The van der Waals surface area contributed by atoms with E-state index in [2.05, 4.69) is 5.32 Å². The molecule has 1 aliphatic heterocycles. The number of carboxylic acids is 1. The lowest BCUT2D eigenvalue weighted by Crippen LogP contribution is -2.33. The van der Waals surface area contributed by atoms with E-state index in [0.717, 1.165) is 4.88 Å². The van der Waals surface area contributed by atoms with Crippen LogP contribution in [0.4, 0.5) is 0 Å². The summed E-state index contributed by atoms with van der Waals surface area (Å²) in [5, 5.41) is 12.6. The first-order valence-corrected chi connectivity index (χ1v) is 8.14. The van der Waals surface area contributed by atoms with E-state index >= 15 is 0 Å². The van der Waals surface area contributed by atoms with Crippen molar-refractivity contribution in [2.75, 3.05) is 13.2 Å². The van der Waals surface area contributed by atoms with Crippen LogP contribution in [0.25, 0.3) is 6.08 Å². The molecule has 7 nitrogen and oxygen atoms in total. The summed E-state index contributed by atoms with van der Waals surface area (Å²) in [7, 11) is 0. The smallest absolute Gasteiger partial charge is 0.322 e. The second-order valence-electron chi connectivity index (χ2n) is 5.07. The van der Waals surface area contributed by atoms with Crippen molar-refractivity contribution in [3.05, 3.63) is 51.9 Å². The number of rotatable bonds is 6. The van der Waals surface area contributed by atoms with Crippen molar-refractivity contribution in [2.45, 2.75) is 0 Å². The molecule has 25 heavy (non-hydrogen) atoms. The monoisotopic (exact) mass is 359 g/mol. The highest BCUT2D eigenvalue weighted by Crippen LogP contribution is 2.35. The van der Waals surface area contributed by atoms with Gasteiger partial charge in [0.05, 0.1) is 5.56 Å². The highest BCUT2D eigenvalue weighted by Gasteiger charge is 2.27. The molecule has 8 heteroatoms. The molecule has 0 saturated carbocycles. The van der Waals surface area contributed by atoms with Gasteiger partial charge in [-0.1, -0.05) is 6.07 Å². The predicted molar refractivity (Wildman–Crippen MR) is 89.8 cm³/mol. The Morgan fingerprint density at radius 3 is 2.88 bits per heavy atom. The molecule has 1 aromatic heterocycles. The number of carbonyl (C=O) groups excluding carboxylic acids is 2. The topological polar surface area (TPSA) is 102 Å². The first-order chi connectivity index (χ1) is 12.0. The Labute approximate surface area is 146 Å².